The molecular formula is C16H30N2O3. The van der Waals surface area contributed by atoms with Gasteiger partial charge in [-0.3, -0.25) is 4.79 Å². The molecule has 122 valence electrons. The zero-order valence-corrected chi connectivity index (χ0v) is 14.1. The minimum absolute atomic E-state index is 0.202. The molecule has 5 heteroatoms. The number of hydrogen-bond acceptors (Lipinski definition) is 3. The van der Waals surface area contributed by atoms with Crippen molar-refractivity contribution in [3.05, 3.63) is 0 Å². The second-order valence-corrected chi connectivity index (χ2v) is 6.59. The van der Waals surface area contributed by atoms with Crippen molar-refractivity contribution in [2.45, 2.75) is 71.9 Å². The first kappa shape index (κ1) is 17.8. The molecule has 1 atom stereocenters. The van der Waals surface area contributed by atoms with E-state index in [2.05, 4.69) is 0 Å². The average molecular weight is 298 g/mol. The van der Waals surface area contributed by atoms with E-state index < -0.39 is 5.60 Å². The molecule has 2 amide bonds. The van der Waals surface area contributed by atoms with Crippen LogP contribution < -0.4 is 0 Å². The summed E-state index contributed by atoms with van der Waals surface area (Å²) in [6.45, 7) is 11.7. The first-order chi connectivity index (χ1) is 9.78. The second-order valence-electron chi connectivity index (χ2n) is 6.59. The highest BCUT2D eigenvalue weighted by atomic mass is 16.6. The van der Waals surface area contributed by atoms with Crippen molar-refractivity contribution in [3.8, 4) is 0 Å². The normalized spacial score (nSPS) is 19.9. The highest BCUT2D eigenvalue weighted by Crippen LogP contribution is 2.19. The number of hydrogen-bond donors (Lipinski definition) is 0. The summed E-state index contributed by atoms with van der Waals surface area (Å²) < 4.78 is 5.43. The van der Waals surface area contributed by atoms with Gasteiger partial charge < -0.3 is 14.5 Å². The Morgan fingerprint density at radius 1 is 1.19 bits per heavy atom. The molecule has 0 aromatic heterocycles. The Balaban J connectivity index is 2.61. The van der Waals surface area contributed by atoms with Gasteiger partial charge in [-0.15, -0.1) is 0 Å². The van der Waals surface area contributed by atoms with E-state index in [4.69, 9.17) is 4.74 Å². The van der Waals surface area contributed by atoms with E-state index >= 15 is 0 Å². The summed E-state index contributed by atoms with van der Waals surface area (Å²) in [5, 5.41) is 0. The lowest BCUT2D eigenvalue weighted by Crippen LogP contribution is -2.41. The first-order valence-corrected chi connectivity index (χ1v) is 8.05. The summed E-state index contributed by atoms with van der Waals surface area (Å²) in [4.78, 5) is 27.8. The molecule has 1 aliphatic heterocycles. The predicted octanol–water partition coefficient (Wildman–Crippen LogP) is 3.03. The third-order valence-electron chi connectivity index (χ3n) is 3.75. The van der Waals surface area contributed by atoms with Crippen LogP contribution in [-0.2, 0) is 9.53 Å². The molecule has 21 heavy (non-hydrogen) atoms. The van der Waals surface area contributed by atoms with Crippen LogP contribution in [0, 0.1) is 0 Å². The molecule has 1 aliphatic rings. The van der Waals surface area contributed by atoms with Crippen LogP contribution in [-0.4, -0.2) is 53.1 Å². The Bertz CT molecular complexity index is 363. The largest absolute Gasteiger partial charge is 0.444 e. The summed E-state index contributed by atoms with van der Waals surface area (Å²) in [6, 6.07) is 0.245. The number of nitrogens with zero attached hydrogens (tertiary/aromatic N) is 2. The number of amides is 2. The monoisotopic (exact) mass is 298 g/mol. The summed E-state index contributed by atoms with van der Waals surface area (Å²) in [7, 11) is 0. The van der Waals surface area contributed by atoms with Gasteiger partial charge in [0.25, 0.3) is 0 Å². The molecule has 0 aromatic rings. The molecule has 5 nitrogen and oxygen atoms in total. The van der Waals surface area contributed by atoms with E-state index in [-0.39, 0.29) is 18.0 Å². The van der Waals surface area contributed by atoms with Crippen molar-refractivity contribution >= 4 is 12.0 Å². The van der Waals surface area contributed by atoms with Crippen LogP contribution in [0.3, 0.4) is 0 Å². The highest BCUT2D eigenvalue weighted by Gasteiger charge is 2.28. The quantitative estimate of drug-likeness (QED) is 0.804. The first-order valence-electron chi connectivity index (χ1n) is 8.05. The standard InChI is InChI=1S/C16H30N2O3/c1-6-14(19)18(7-2)13-9-8-11-17(12-10-13)15(20)21-16(3,4)5/h13H,6-12H2,1-5H3. The van der Waals surface area contributed by atoms with Gasteiger partial charge in [-0.2, -0.15) is 0 Å². The van der Waals surface area contributed by atoms with Crippen LogP contribution in [0.2, 0.25) is 0 Å². The predicted molar refractivity (Wildman–Crippen MR) is 83.1 cm³/mol. The Morgan fingerprint density at radius 2 is 1.86 bits per heavy atom. The van der Waals surface area contributed by atoms with Crippen molar-refractivity contribution in [2.75, 3.05) is 19.6 Å². The Kier molecular flexibility index (Phi) is 6.49. The van der Waals surface area contributed by atoms with E-state index in [1.54, 1.807) is 4.90 Å². The van der Waals surface area contributed by atoms with Crippen molar-refractivity contribution < 1.29 is 14.3 Å². The maximum absolute atomic E-state index is 12.1. The second kappa shape index (κ2) is 7.66. The smallest absolute Gasteiger partial charge is 0.410 e. The Morgan fingerprint density at radius 3 is 2.38 bits per heavy atom. The summed E-state index contributed by atoms with van der Waals surface area (Å²) in [5.74, 6) is 0.202. The topological polar surface area (TPSA) is 49.9 Å². The molecule has 0 N–H and O–H groups in total. The molecule has 1 heterocycles. The lowest BCUT2D eigenvalue weighted by atomic mass is 10.1. The molecule has 0 bridgehead atoms. The van der Waals surface area contributed by atoms with Crippen LogP contribution >= 0.6 is 0 Å². The molecule has 1 saturated heterocycles. The van der Waals surface area contributed by atoms with Crippen molar-refractivity contribution in [1.82, 2.24) is 9.80 Å². The minimum atomic E-state index is -0.462. The van der Waals surface area contributed by atoms with Crippen molar-refractivity contribution in [1.29, 1.82) is 0 Å². The lowest BCUT2D eigenvalue weighted by molar-refractivity contribution is -0.133. The minimum Gasteiger partial charge on any atom is -0.444 e. The molecule has 1 unspecified atom stereocenters. The van der Waals surface area contributed by atoms with Crippen LogP contribution in [0.15, 0.2) is 0 Å². The maximum Gasteiger partial charge on any atom is 0.410 e. The number of ether oxygens (including phenoxy) is 1. The summed E-state index contributed by atoms with van der Waals surface area (Å²) in [6.07, 6.45) is 3.00. The number of rotatable bonds is 3. The van der Waals surface area contributed by atoms with Crippen molar-refractivity contribution in [3.63, 3.8) is 0 Å². The molecule has 0 aliphatic carbocycles. The molecule has 0 spiro atoms. The van der Waals surface area contributed by atoms with Gasteiger partial charge >= 0.3 is 6.09 Å². The molecule has 1 rings (SSSR count). The zero-order valence-electron chi connectivity index (χ0n) is 14.1. The maximum atomic E-state index is 12.1. The molecule has 0 radical (unpaired) electrons. The van der Waals surface area contributed by atoms with Crippen LogP contribution in [0.4, 0.5) is 4.79 Å². The fourth-order valence-electron chi connectivity index (χ4n) is 2.74. The number of likely N-dealkylation sites (tertiary alicyclic amines) is 1. The van der Waals surface area contributed by atoms with Gasteiger partial charge in [0.15, 0.2) is 0 Å². The van der Waals surface area contributed by atoms with Gasteiger partial charge in [0.2, 0.25) is 5.91 Å². The fourth-order valence-corrected chi connectivity index (χ4v) is 2.74. The van der Waals surface area contributed by atoms with Gasteiger partial charge in [0.05, 0.1) is 0 Å². The van der Waals surface area contributed by atoms with Gasteiger partial charge in [-0.1, -0.05) is 6.92 Å². The summed E-state index contributed by atoms with van der Waals surface area (Å²) in [5.41, 5.74) is -0.462. The Hall–Kier alpha value is -1.26. The van der Waals surface area contributed by atoms with Gasteiger partial charge in [-0.25, -0.2) is 4.79 Å². The van der Waals surface area contributed by atoms with E-state index in [1.807, 2.05) is 39.5 Å². The van der Waals surface area contributed by atoms with Gasteiger partial charge in [0, 0.05) is 32.1 Å². The SMILES string of the molecule is CCC(=O)N(CC)C1CCCN(C(=O)OC(C)(C)C)CC1. The Labute approximate surface area is 128 Å². The molecule has 0 saturated carbocycles. The zero-order chi connectivity index (χ0) is 16.0. The van der Waals surface area contributed by atoms with Crippen LogP contribution in [0.5, 0.6) is 0 Å². The van der Waals surface area contributed by atoms with Crippen LogP contribution in [0.1, 0.15) is 60.3 Å². The van der Waals surface area contributed by atoms with Crippen molar-refractivity contribution in [2.24, 2.45) is 0 Å². The van der Waals surface area contributed by atoms with E-state index in [9.17, 15) is 9.59 Å². The summed E-state index contributed by atoms with van der Waals surface area (Å²) >= 11 is 0. The molecular weight excluding hydrogens is 268 g/mol. The van der Waals surface area contributed by atoms with Gasteiger partial charge in [0.1, 0.15) is 5.60 Å². The average Bonchev–Trinajstić information content (AvgIpc) is 2.63. The van der Waals surface area contributed by atoms with E-state index in [0.29, 0.717) is 19.5 Å². The highest BCUT2D eigenvalue weighted by molar-refractivity contribution is 5.76. The lowest BCUT2D eigenvalue weighted by Gasteiger charge is -2.30. The van der Waals surface area contributed by atoms with E-state index in [1.165, 1.54) is 0 Å². The van der Waals surface area contributed by atoms with Crippen LogP contribution in [0.25, 0.3) is 0 Å². The number of carbonyl (C=O) groups excluding carboxylic acids is 2. The third kappa shape index (κ3) is 5.56. The van der Waals surface area contributed by atoms with Gasteiger partial charge in [-0.05, 0) is 47.0 Å². The third-order valence-corrected chi connectivity index (χ3v) is 3.75. The molecule has 1 fully saturated rings. The number of carbonyl (C=O) groups is 2. The molecule has 0 aromatic carbocycles. The van der Waals surface area contributed by atoms with E-state index in [0.717, 1.165) is 25.8 Å². The fraction of sp³-hybridized carbons (Fsp3) is 0.875.